The summed E-state index contributed by atoms with van der Waals surface area (Å²) in [6.07, 6.45) is 2.04. The van der Waals surface area contributed by atoms with Gasteiger partial charge in [0.25, 0.3) is 0 Å². The van der Waals surface area contributed by atoms with Gasteiger partial charge in [-0.25, -0.2) is 0 Å². The van der Waals surface area contributed by atoms with Gasteiger partial charge in [-0.1, -0.05) is 12.1 Å². The van der Waals surface area contributed by atoms with Crippen LogP contribution in [0.2, 0.25) is 0 Å². The minimum Gasteiger partial charge on any atom is -0.507 e. The van der Waals surface area contributed by atoms with E-state index in [2.05, 4.69) is 0 Å². The normalized spacial score (nSPS) is 10.3. The molecule has 0 saturated heterocycles. The van der Waals surface area contributed by atoms with Gasteiger partial charge >= 0.3 is 0 Å². The highest BCUT2D eigenvalue weighted by Gasteiger charge is 2.04. The second-order valence-corrected chi connectivity index (χ2v) is 4.38. The second kappa shape index (κ2) is 4.49. The van der Waals surface area contributed by atoms with E-state index < -0.39 is 0 Å². The number of hydrogen-bond donors (Lipinski definition) is 2. The summed E-state index contributed by atoms with van der Waals surface area (Å²) in [7, 11) is 0. The van der Waals surface area contributed by atoms with Crippen LogP contribution in [0.5, 0.6) is 5.75 Å². The number of phenols is 1. The molecule has 2 rings (SSSR count). The van der Waals surface area contributed by atoms with Crippen molar-refractivity contribution in [3.63, 3.8) is 0 Å². The highest BCUT2D eigenvalue weighted by atomic mass is 32.2. The van der Waals surface area contributed by atoms with Crippen LogP contribution >= 0.6 is 11.8 Å². The number of nitrogens with two attached hydrogens (primary N) is 1. The first-order valence-electron chi connectivity index (χ1n) is 4.93. The number of phenolic OH excluding ortho intramolecular Hbond substituents is 1. The van der Waals surface area contributed by atoms with Gasteiger partial charge in [-0.15, -0.1) is 11.8 Å². The molecule has 0 aliphatic rings. The molecule has 0 fully saturated rings. The summed E-state index contributed by atoms with van der Waals surface area (Å²) < 4.78 is 0. The fraction of sp³-hybridized carbons (Fsp3) is 0.0769. The predicted octanol–water partition coefficient (Wildman–Crippen LogP) is 3.36. The van der Waals surface area contributed by atoms with E-state index in [0.29, 0.717) is 5.69 Å². The van der Waals surface area contributed by atoms with Gasteiger partial charge in [-0.3, -0.25) is 0 Å². The molecule has 16 heavy (non-hydrogen) atoms. The third-order valence-corrected chi connectivity index (χ3v) is 3.17. The lowest BCUT2D eigenvalue weighted by atomic mass is 10.0. The Bertz CT molecular complexity index is 494. The van der Waals surface area contributed by atoms with Crippen molar-refractivity contribution < 1.29 is 5.11 Å². The summed E-state index contributed by atoms with van der Waals surface area (Å²) in [5.74, 6) is 0.219. The summed E-state index contributed by atoms with van der Waals surface area (Å²) in [5, 5.41) is 9.79. The Morgan fingerprint density at radius 3 is 2.31 bits per heavy atom. The van der Waals surface area contributed by atoms with Gasteiger partial charge in [0.1, 0.15) is 5.75 Å². The van der Waals surface area contributed by atoms with E-state index in [0.717, 1.165) is 11.1 Å². The molecule has 0 heterocycles. The van der Waals surface area contributed by atoms with Gasteiger partial charge in [0.05, 0.1) is 0 Å². The van der Waals surface area contributed by atoms with Gasteiger partial charge in [0.2, 0.25) is 0 Å². The van der Waals surface area contributed by atoms with Crippen LogP contribution in [-0.2, 0) is 0 Å². The summed E-state index contributed by atoms with van der Waals surface area (Å²) in [6, 6.07) is 13.3. The summed E-state index contributed by atoms with van der Waals surface area (Å²) in [5.41, 5.74) is 7.96. The van der Waals surface area contributed by atoms with Crippen LogP contribution in [0.3, 0.4) is 0 Å². The third kappa shape index (κ3) is 2.14. The Labute approximate surface area is 99.1 Å². The lowest BCUT2D eigenvalue weighted by Crippen LogP contribution is -1.85. The summed E-state index contributed by atoms with van der Waals surface area (Å²) in [4.78, 5) is 1.21. The molecular formula is C13H13NOS. The van der Waals surface area contributed by atoms with E-state index in [-0.39, 0.29) is 5.75 Å². The third-order valence-electron chi connectivity index (χ3n) is 2.42. The average Bonchev–Trinajstić information content (AvgIpc) is 2.29. The molecule has 0 bridgehead atoms. The molecule has 2 aromatic carbocycles. The molecule has 2 nitrogen and oxygen atoms in total. The standard InChI is InChI=1S/C13H13NOS/c1-16-11-5-2-9(3-6-11)12-7-4-10(14)8-13(12)15/h2-8,15H,14H2,1H3. The molecule has 0 aliphatic carbocycles. The maximum atomic E-state index is 9.79. The van der Waals surface area contributed by atoms with E-state index in [1.807, 2.05) is 36.6 Å². The van der Waals surface area contributed by atoms with Crippen molar-refractivity contribution in [3.05, 3.63) is 42.5 Å². The molecule has 0 amide bonds. The number of aromatic hydroxyl groups is 1. The van der Waals surface area contributed by atoms with Crippen LogP contribution in [0.4, 0.5) is 5.69 Å². The molecule has 0 unspecified atom stereocenters. The van der Waals surface area contributed by atoms with E-state index in [4.69, 9.17) is 5.73 Å². The second-order valence-electron chi connectivity index (χ2n) is 3.51. The van der Waals surface area contributed by atoms with Crippen molar-refractivity contribution in [2.45, 2.75) is 4.90 Å². The molecule has 0 aliphatic heterocycles. The molecule has 0 atom stereocenters. The van der Waals surface area contributed by atoms with Crippen molar-refractivity contribution in [1.29, 1.82) is 0 Å². The number of thioether (sulfide) groups is 1. The molecular weight excluding hydrogens is 218 g/mol. The van der Waals surface area contributed by atoms with Crippen LogP contribution in [0.1, 0.15) is 0 Å². The number of hydrogen-bond acceptors (Lipinski definition) is 3. The molecule has 82 valence electrons. The lowest BCUT2D eigenvalue weighted by molar-refractivity contribution is 0.477. The minimum atomic E-state index is 0.219. The van der Waals surface area contributed by atoms with Crippen molar-refractivity contribution in [1.82, 2.24) is 0 Å². The molecule has 0 aromatic heterocycles. The fourth-order valence-corrected chi connectivity index (χ4v) is 1.97. The largest absolute Gasteiger partial charge is 0.507 e. The topological polar surface area (TPSA) is 46.2 Å². The maximum Gasteiger partial charge on any atom is 0.125 e. The Kier molecular flexibility index (Phi) is 3.06. The van der Waals surface area contributed by atoms with E-state index in [9.17, 15) is 5.11 Å². The smallest absolute Gasteiger partial charge is 0.125 e. The Hall–Kier alpha value is -1.61. The molecule has 0 saturated carbocycles. The zero-order valence-electron chi connectivity index (χ0n) is 8.97. The average molecular weight is 231 g/mol. The van der Waals surface area contributed by atoms with Crippen LogP contribution in [0.25, 0.3) is 11.1 Å². The molecule has 3 heteroatoms. The van der Waals surface area contributed by atoms with Gasteiger partial charge in [-0.05, 0) is 36.1 Å². The number of benzene rings is 2. The van der Waals surface area contributed by atoms with Crippen LogP contribution in [0.15, 0.2) is 47.4 Å². The zero-order chi connectivity index (χ0) is 11.5. The highest BCUT2D eigenvalue weighted by molar-refractivity contribution is 7.98. The Morgan fingerprint density at radius 2 is 1.75 bits per heavy atom. The molecule has 0 radical (unpaired) electrons. The quantitative estimate of drug-likeness (QED) is 0.615. The maximum absolute atomic E-state index is 9.79. The first-order chi connectivity index (χ1) is 7.70. The van der Waals surface area contributed by atoms with E-state index in [1.54, 1.807) is 23.9 Å². The first-order valence-corrected chi connectivity index (χ1v) is 6.16. The number of rotatable bonds is 2. The first kappa shape index (κ1) is 10.9. The Morgan fingerprint density at radius 1 is 1.06 bits per heavy atom. The summed E-state index contributed by atoms with van der Waals surface area (Å²) in [6.45, 7) is 0. The molecule has 2 aromatic rings. The number of nitrogen functional groups attached to an aromatic ring is 1. The van der Waals surface area contributed by atoms with Gasteiger partial charge in [0.15, 0.2) is 0 Å². The number of anilines is 1. The van der Waals surface area contributed by atoms with Crippen molar-refractivity contribution in [2.24, 2.45) is 0 Å². The van der Waals surface area contributed by atoms with Gasteiger partial charge < -0.3 is 10.8 Å². The van der Waals surface area contributed by atoms with Crippen molar-refractivity contribution in [2.75, 3.05) is 12.0 Å². The molecule has 3 N–H and O–H groups in total. The van der Waals surface area contributed by atoms with Crippen molar-refractivity contribution >= 4 is 17.4 Å². The lowest BCUT2D eigenvalue weighted by Gasteiger charge is -2.06. The minimum absolute atomic E-state index is 0.219. The van der Waals surface area contributed by atoms with E-state index in [1.165, 1.54) is 4.90 Å². The van der Waals surface area contributed by atoms with Crippen LogP contribution in [-0.4, -0.2) is 11.4 Å². The SMILES string of the molecule is CSc1ccc(-c2ccc(N)cc2O)cc1. The molecule has 0 spiro atoms. The highest BCUT2D eigenvalue weighted by Crippen LogP contribution is 2.31. The zero-order valence-corrected chi connectivity index (χ0v) is 9.79. The van der Waals surface area contributed by atoms with Gasteiger partial charge in [0, 0.05) is 22.2 Å². The van der Waals surface area contributed by atoms with Crippen LogP contribution < -0.4 is 5.73 Å². The summed E-state index contributed by atoms with van der Waals surface area (Å²) >= 11 is 1.70. The van der Waals surface area contributed by atoms with Gasteiger partial charge in [-0.2, -0.15) is 0 Å². The van der Waals surface area contributed by atoms with Crippen molar-refractivity contribution in [3.8, 4) is 16.9 Å². The fourth-order valence-electron chi connectivity index (χ4n) is 1.56. The monoisotopic (exact) mass is 231 g/mol. The predicted molar refractivity (Wildman–Crippen MR) is 69.7 cm³/mol. The van der Waals surface area contributed by atoms with E-state index >= 15 is 0 Å². The van der Waals surface area contributed by atoms with Crippen LogP contribution in [0, 0.1) is 0 Å². The Balaban J connectivity index is 2.42.